The Bertz CT molecular complexity index is 951. The number of ether oxygens (including phenoxy) is 1. The normalized spacial score (nSPS) is 11.1. The van der Waals surface area contributed by atoms with Gasteiger partial charge in [-0.3, -0.25) is 4.99 Å². The van der Waals surface area contributed by atoms with Crippen LogP contribution < -0.4 is 4.74 Å². The fourth-order valence-electron chi connectivity index (χ4n) is 2.50. The van der Waals surface area contributed by atoms with Crippen LogP contribution in [0.1, 0.15) is 22.3 Å². The van der Waals surface area contributed by atoms with Gasteiger partial charge in [-0.05, 0) is 60.9 Å². The van der Waals surface area contributed by atoms with Gasteiger partial charge in [-0.2, -0.15) is 0 Å². The van der Waals surface area contributed by atoms with Gasteiger partial charge in [0.25, 0.3) is 0 Å². The van der Waals surface area contributed by atoms with Crippen LogP contribution in [0.25, 0.3) is 0 Å². The molecule has 4 heteroatoms. The summed E-state index contributed by atoms with van der Waals surface area (Å²) in [5.74, 6) is 0.765. The monoisotopic (exact) mass is 383 g/mol. The van der Waals surface area contributed by atoms with Crippen molar-refractivity contribution < 1.29 is 4.74 Å². The average Bonchev–Trinajstić information content (AvgIpc) is 2.63. The van der Waals surface area contributed by atoms with Crippen LogP contribution in [0.4, 0.5) is 5.69 Å². The van der Waals surface area contributed by atoms with Crippen LogP contribution in [0.2, 0.25) is 10.0 Å². The number of halogens is 2. The fraction of sp³-hybridized carbons (Fsp3) is 0.136. The predicted molar refractivity (Wildman–Crippen MR) is 110 cm³/mol. The Morgan fingerprint density at radius 2 is 1.77 bits per heavy atom. The topological polar surface area (TPSA) is 21.6 Å². The van der Waals surface area contributed by atoms with E-state index in [1.54, 1.807) is 12.1 Å². The Morgan fingerprint density at radius 3 is 2.58 bits per heavy atom. The molecule has 132 valence electrons. The maximum atomic E-state index is 6.19. The maximum absolute atomic E-state index is 6.19. The number of hydrogen-bond acceptors (Lipinski definition) is 2. The summed E-state index contributed by atoms with van der Waals surface area (Å²) in [4.78, 5) is 4.60. The van der Waals surface area contributed by atoms with Gasteiger partial charge in [-0.25, -0.2) is 0 Å². The first-order chi connectivity index (χ1) is 12.5. The van der Waals surface area contributed by atoms with Crippen LogP contribution in [0.5, 0.6) is 5.75 Å². The van der Waals surface area contributed by atoms with Crippen molar-refractivity contribution in [2.45, 2.75) is 20.5 Å². The smallest absolute Gasteiger partial charge is 0.120 e. The molecule has 0 fully saturated rings. The van der Waals surface area contributed by atoms with E-state index in [9.17, 15) is 0 Å². The first-order valence-corrected chi connectivity index (χ1v) is 9.05. The molecule has 0 unspecified atom stereocenters. The third-order valence-corrected chi connectivity index (χ3v) is 4.78. The lowest BCUT2D eigenvalue weighted by Crippen LogP contribution is -1.96. The maximum Gasteiger partial charge on any atom is 0.120 e. The standard InChI is InChI=1S/C22H19Cl2NO/c1-15-5-3-8-22(16(15)2)25-13-17-6-4-7-20(11-17)26-14-18-9-10-19(23)12-21(18)24/h3-13H,14H2,1-2H3. The van der Waals surface area contributed by atoms with Crippen LogP contribution in [-0.2, 0) is 6.61 Å². The number of benzene rings is 3. The number of hydrogen-bond donors (Lipinski definition) is 0. The zero-order valence-corrected chi connectivity index (χ0v) is 16.2. The van der Waals surface area contributed by atoms with E-state index >= 15 is 0 Å². The molecule has 0 saturated carbocycles. The summed E-state index contributed by atoms with van der Waals surface area (Å²) in [5.41, 5.74) is 5.27. The lowest BCUT2D eigenvalue weighted by molar-refractivity contribution is 0.306. The summed E-state index contributed by atoms with van der Waals surface area (Å²) < 4.78 is 5.86. The molecule has 0 saturated heterocycles. The van der Waals surface area contributed by atoms with Gasteiger partial charge >= 0.3 is 0 Å². The molecule has 0 aliphatic carbocycles. The minimum absolute atomic E-state index is 0.383. The third kappa shape index (κ3) is 4.66. The second-order valence-electron chi connectivity index (χ2n) is 6.07. The van der Waals surface area contributed by atoms with E-state index in [1.807, 2.05) is 48.7 Å². The van der Waals surface area contributed by atoms with E-state index in [0.717, 1.165) is 22.6 Å². The SMILES string of the molecule is Cc1cccc(N=Cc2cccc(OCc3ccc(Cl)cc3Cl)c2)c1C. The van der Waals surface area contributed by atoms with Crippen molar-refractivity contribution in [1.29, 1.82) is 0 Å². The summed E-state index contributed by atoms with van der Waals surface area (Å²) in [5, 5.41) is 1.22. The zero-order valence-electron chi connectivity index (χ0n) is 14.7. The zero-order chi connectivity index (χ0) is 18.5. The third-order valence-electron chi connectivity index (χ3n) is 4.20. The van der Waals surface area contributed by atoms with E-state index in [1.165, 1.54) is 11.1 Å². The Labute approximate surface area is 164 Å². The molecule has 0 bridgehead atoms. The summed E-state index contributed by atoms with van der Waals surface area (Å²) in [7, 11) is 0. The van der Waals surface area contributed by atoms with Gasteiger partial charge in [0.1, 0.15) is 12.4 Å². The summed E-state index contributed by atoms with van der Waals surface area (Å²) in [6.45, 7) is 4.55. The van der Waals surface area contributed by atoms with Crippen molar-refractivity contribution in [2.75, 3.05) is 0 Å². The Kier molecular flexibility index (Phi) is 5.97. The molecule has 3 rings (SSSR count). The quantitative estimate of drug-likeness (QED) is 0.437. The number of nitrogens with zero attached hydrogens (tertiary/aromatic N) is 1. The lowest BCUT2D eigenvalue weighted by atomic mass is 10.1. The number of rotatable bonds is 5. The molecule has 0 atom stereocenters. The van der Waals surface area contributed by atoms with Gasteiger partial charge < -0.3 is 4.74 Å². The highest BCUT2D eigenvalue weighted by molar-refractivity contribution is 6.35. The molecule has 3 aromatic carbocycles. The van der Waals surface area contributed by atoms with Crippen LogP contribution in [-0.4, -0.2) is 6.21 Å². The van der Waals surface area contributed by atoms with Crippen LogP contribution in [0, 0.1) is 13.8 Å². The average molecular weight is 384 g/mol. The predicted octanol–water partition coefficient (Wildman–Crippen LogP) is 6.94. The summed E-state index contributed by atoms with van der Waals surface area (Å²) in [6, 6.07) is 19.3. The van der Waals surface area contributed by atoms with Crippen molar-refractivity contribution in [1.82, 2.24) is 0 Å². The largest absolute Gasteiger partial charge is 0.489 e. The van der Waals surface area contributed by atoms with E-state index in [-0.39, 0.29) is 0 Å². The second kappa shape index (κ2) is 8.39. The molecular formula is C22H19Cl2NO. The molecule has 0 amide bonds. The highest BCUT2D eigenvalue weighted by Crippen LogP contribution is 2.24. The van der Waals surface area contributed by atoms with Crippen LogP contribution in [0.3, 0.4) is 0 Å². The van der Waals surface area contributed by atoms with E-state index in [4.69, 9.17) is 27.9 Å². The minimum Gasteiger partial charge on any atom is -0.489 e. The van der Waals surface area contributed by atoms with Gasteiger partial charge in [0, 0.05) is 21.8 Å². The first-order valence-electron chi connectivity index (χ1n) is 8.30. The molecule has 0 aliphatic heterocycles. The van der Waals surface area contributed by atoms with Crippen molar-refractivity contribution in [3.63, 3.8) is 0 Å². The van der Waals surface area contributed by atoms with Crippen molar-refractivity contribution in [2.24, 2.45) is 4.99 Å². The number of aliphatic imine (C=N–C) groups is 1. The van der Waals surface area contributed by atoms with E-state index in [2.05, 4.69) is 24.9 Å². The fourth-order valence-corrected chi connectivity index (χ4v) is 2.97. The van der Waals surface area contributed by atoms with Gasteiger partial charge in [-0.1, -0.05) is 53.5 Å². The highest BCUT2D eigenvalue weighted by atomic mass is 35.5. The molecule has 0 aromatic heterocycles. The Balaban J connectivity index is 1.72. The molecule has 0 radical (unpaired) electrons. The molecular weight excluding hydrogens is 365 g/mol. The molecule has 0 heterocycles. The summed E-state index contributed by atoms with van der Waals surface area (Å²) >= 11 is 12.1. The van der Waals surface area contributed by atoms with Gasteiger partial charge in [0.15, 0.2) is 0 Å². The molecule has 3 aromatic rings. The second-order valence-corrected chi connectivity index (χ2v) is 6.92. The van der Waals surface area contributed by atoms with E-state index in [0.29, 0.717) is 16.7 Å². The first kappa shape index (κ1) is 18.5. The van der Waals surface area contributed by atoms with Crippen LogP contribution >= 0.6 is 23.2 Å². The van der Waals surface area contributed by atoms with Crippen molar-refractivity contribution in [3.05, 3.63) is 93.0 Å². The molecule has 2 nitrogen and oxygen atoms in total. The minimum atomic E-state index is 0.383. The highest BCUT2D eigenvalue weighted by Gasteiger charge is 2.03. The van der Waals surface area contributed by atoms with Gasteiger partial charge in [0.05, 0.1) is 5.69 Å². The van der Waals surface area contributed by atoms with E-state index < -0.39 is 0 Å². The summed E-state index contributed by atoms with van der Waals surface area (Å²) in [6.07, 6.45) is 1.85. The van der Waals surface area contributed by atoms with Gasteiger partial charge in [-0.15, -0.1) is 0 Å². The lowest BCUT2D eigenvalue weighted by Gasteiger charge is -2.09. The Morgan fingerprint density at radius 1 is 0.962 bits per heavy atom. The molecule has 26 heavy (non-hydrogen) atoms. The van der Waals surface area contributed by atoms with Crippen molar-refractivity contribution >= 4 is 35.1 Å². The molecule has 0 N–H and O–H groups in total. The van der Waals surface area contributed by atoms with Crippen molar-refractivity contribution in [3.8, 4) is 5.75 Å². The molecule has 0 spiro atoms. The van der Waals surface area contributed by atoms with Crippen LogP contribution in [0.15, 0.2) is 65.7 Å². The number of aryl methyl sites for hydroxylation is 1. The Hall–Kier alpha value is -2.29. The molecule has 0 aliphatic rings. The van der Waals surface area contributed by atoms with Gasteiger partial charge in [0.2, 0.25) is 0 Å².